The van der Waals surface area contributed by atoms with Gasteiger partial charge in [0.05, 0.1) is 6.42 Å². The molecular weight excluding hydrogens is 176 g/mol. The van der Waals surface area contributed by atoms with Crippen LogP contribution in [0.2, 0.25) is 0 Å². The quantitative estimate of drug-likeness (QED) is 0.519. The van der Waals surface area contributed by atoms with Crippen molar-refractivity contribution < 1.29 is 4.79 Å². The van der Waals surface area contributed by atoms with Crippen molar-refractivity contribution in [1.29, 1.82) is 0 Å². The van der Waals surface area contributed by atoms with Crippen LogP contribution in [0.3, 0.4) is 0 Å². The van der Waals surface area contributed by atoms with E-state index in [0.717, 1.165) is 18.8 Å². The van der Waals surface area contributed by atoms with Gasteiger partial charge in [-0.1, -0.05) is 5.92 Å². The molecule has 0 N–H and O–H groups in total. The van der Waals surface area contributed by atoms with Gasteiger partial charge in [-0.3, -0.25) is 4.79 Å². The van der Waals surface area contributed by atoms with Crippen molar-refractivity contribution in [3.63, 3.8) is 0 Å². The Labute approximate surface area is 83.1 Å². The van der Waals surface area contributed by atoms with E-state index in [4.69, 9.17) is 6.42 Å². The largest absolute Gasteiger partial charge is 0.334 e. The van der Waals surface area contributed by atoms with E-state index in [1.807, 2.05) is 6.20 Å². The molecule has 0 saturated carbocycles. The fraction of sp³-hybridized carbons (Fsp3) is 0.455. The van der Waals surface area contributed by atoms with Crippen molar-refractivity contribution in [2.24, 2.45) is 0 Å². The minimum absolute atomic E-state index is 0.0469. The average Bonchev–Trinajstić information content (AvgIpc) is 2.61. The molecule has 1 aromatic rings. The van der Waals surface area contributed by atoms with Crippen LogP contribution in [-0.2, 0) is 13.0 Å². The first-order chi connectivity index (χ1) is 6.81. The lowest BCUT2D eigenvalue weighted by Gasteiger charge is -2.11. The Hall–Kier alpha value is -1.56. The van der Waals surface area contributed by atoms with Crippen molar-refractivity contribution in [1.82, 2.24) is 9.55 Å². The molecule has 2 rings (SSSR count). The molecule has 1 aromatic heterocycles. The standard InChI is InChI=1S/C11H12N2O/c1-2-5-10(14)9-8-13-7-4-3-6-11(13)12-9/h1,8H,3-7H2. The number of carbonyl (C=O) groups is 1. The molecule has 0 spiro atoms. The molecule has 72 valence electrons. The van der Waals surface area contributed by atoms with Gasteiger partial charge in [-0.15, -0.1) is 6.42 Å². The van der Waals surface area contributed by atoms with E-state index < -0.39 is 0 Å². The highest BCUT2D eigenvalue weighted by molar-refractivity contribution is 5.95. The fourth-order valence-corrected chi connectivity index (χ4v) is 1.73. The zero-order valence-corrected chi connectivity index (χ0v) is 7.99. The Morgan fingerprint density at radius 2 is 2.50 bits per heavy atom. The predicted molar refractivity (Wildman–Crippen MR) is 52.9 cm³/mol. The monoisotopic (exact) mass is 188 g/mol. The number of ketones is 1. The highest BCUT2D eigenvalue weighted by atomic mass is 16.1. The van der Waals surface area contributed by atoms with Crippen molar-refractivity contribution in [3.05, 3.63) is 17.7 Å². The van der Waals surface area contributed by atoms with Gasteiger partial charge in [0, 0.05) is 19.2 Å². The Bertz CT molecular complexity index is 374. The summed E-state index contributed by atoms with van der Waals surface area (Å²) < 4.78 is 2.06. The van der Waals surface area contributed by atoms with Crippen LogP contribution in [0.5, 0.6) is 0 Å². The summed E-state index contributed by atoms with van der Waals surface area (Å²) in [5, 5.41) is 0. The summed E-state index contributed by atoms with van der Waals surface area (Å²) in [5.74, 6) is 3.33. The second-order valence-corrected chi connectivity index (χ2v) is 3.50. The summed E-state index contributed by atoms with van der Waals surface area (Å²) in [5.41, 5.74) is 0.528. The van der Waals surface area contributed by atoms with Crippen molar-refractivity contribution in [2.45, 2.75) is 32.2 Å². The number of nitrogens with zero attached hydrogens (tertiary/aromatic N) is 2. The van der Waals surface area contributed by atoms with Gasteiger partial charge in [-0.2, -0.15) is 0 Å². The number of aryl methyl sites for hydroxylation is 2. The maximum atomic E-state index is 11.4. The van der Waals surface area contributed by atoms with E-state index >= 15 is 0 Å². The molecule has 0 atom stereocenters. The zero-order valence-electron chi connectivity index (χ0n) is 7.99. The minimum atomic E-state index is -0.0469. The van der Waals surface area contributed by atoms with Crippen LogP contribution >= 0.6 is 0 Å². The number of aromatic nitrogens is 2. The topological polar surface area (TPSA) is 34.9 Å². The van der Waals surface area contributed by atoms with Crippen LogP contribution in [0.1, 0.15) is 35.6 Å². The third kappa shape index (κ3) is 1.56. The Balaban J connectivity index is 2.24. The predicted octanol–water partition coefficient (Wildman–Crippen LogP) is 1.43. The molecule has 0 amide bonds. The van der Waals surface area contributed by atoms with Crippen LogP contribution in [0.4, 0.5) is 0 Å². The Kier molecular flexibility index (Phi) is 2.36. The summed E-state index contributed by atoms with van der Waals surface area (Å²) >= 11 is 0. The number of rotatable bonds is 2. The van der Waals surface area contributed by atoms with Crippen molar-refractivity contribution in [2.75, 3.05) is 0 Å². The van der Waals surface area contributed by atoms with E-state index in [9.17, 15) is 4.79 Å². The number of terminal acetylenes is 1. The van der Waals surface area contributed by atoms with Gasteiger partial charge in [-0.25, -0.2) is 4.98 Å². The number of carbonyl (C=O) groups excluding carboxylic acids is 1. The lowest BCUT2D eigenvalue weighted by Crippen LogP contribution is -2.08. The minimum Gasteiger partial charge on any atom is -0.334 e. The number of Topliss-reactive ketones (excluding diaryl/α,β-unsaturated/α-hetero) is 1. The van der Waals surface area contributed by atoms with E-state index in [0.29, 0.717) is 5.69 Å². The molecule has 0 saturated heterocycles. The number of hydrogen-bond donors (Lipinski definition) is 0. The zero-order chi connectivity index (χ0) is 9.97. The van der Waals surface area contributed by atoms with Gasteiger partial charge < -0.3 is 4.57 Å². The van der Waals surface area contributed by atoms with E-state index in [1.54, 1.807) is 0 Å². The van der Waals surface area contributed by atoms with Crippen LogP contribution in [0.25, 0.3) is 0 Å². The van der Waals surface area contributed by atoms with Gasteiger partial charge in [0.25, 0.3) is 0 Å². The molecular formula is C11H12N2O. The third-order valence-corrected chi connectivity index (χ3v) is 2.46. The van der Waals surface area contributed by atoms with Gasteiger partial charge in [0.1, 0.15) is 11.5 Å². The molecule has 3 nitrogen and oxygen atoms in total. The van der Waals surface area contributed by atoms with Gasteiger partial charge >= 0.3 is 0 Å². The van der Waals surface area contributed by atoms with Gasteiger partial charge in [0.2, 0.25) is 0 Å². The molecule has 0 aliphatic carbocycles. The average molecular weight is 188 g/mol. The third-order valence-electron chi connectivity index (χ3n) is 2.46. The molecule has 1 aliphatic heterocycles. The van der Waals surface area contributed by atoms with E-state index in [1.165, 1.54) is 12.8 Å². The highest BCUT2D eigenvalue weighted by Gasteiger charge is 2.15. The van der Waals surface area contributed by atoms with Gasteiger partial charge in [-0.05, 0) is 12.8 Å². The lowest BCUT2D eigenvalue weighted by atomic mass is 10.2. The fourth-order valence-electron chi connectivity index (χ4n) is 1.73. The molecule has 1 aliphatic rings. The Morgan fingerprint density at radius 1 is 1.64 bits per heavy atom. The highest BCUT2D eigenvalue weighted by Crippen LogP contribution is 2.15. The SMILES string of the molecule is C#CCC(=O)c1cn2c(n1)CCCC2. The number of imidazole rings is 1. The maximum absolute atomic E-state index is 11.4. The molecule has 0 bridgehead atoms. The molecule has 0 fully saturated rings. The number of hydrogen-bond acceptors (Lipinski definition) is 2. The molecule has 3 heteroatoms. The molecule has 0 unspecified atom stereocenters. The van der Waals surface area contributed by atoms with E-state index in [2.05, 4.69) is 15.5 Å². The van der Waals surface area contributed by atoms with Crippen LogP contribution in [0.15, 0.2) is 6.20 Å². The second kappa shape index (κ2) is 3.67. The summed E-state index contributed by atoms with van der Waals surface area (Å²) in [6.45, 7) is 0.978. The molecule has 0 radical (unpaired) electrons. The van der Waals surface area contributed by atoms with E-state index in [-0.39, 0.29) is 12.2 Å². The smallest absolute Gasteiger partial charge is 0.194 e. The normalized spacial score (nSPS) is 14.5. The molecule has 2 heterocycles. The first-order valence-corrected chi connectivity index (χ1v) is 4.84. The molecule has 0 aromatic carbocycles. The van der Waals surface area contributed by atoms with Crippen LogP contribution in [0, 0.1) is 12.3 Å². The Morgan fingerprint density at radius 3 is 3.21 bits per heavy atom. The molecule has 14 heavy (non-hydrogen) atoms. The van der Waals surface area contributed by atoms with Crippen molar-refractivity contribution >= 4 is 5.78 Å². The van der Waals surface area contributed by atoms with Crippen LogP contribution < -0.4 is 0 Å². The lowest BCUT2D eigenvalue weighted by molar-refractivity contribution is 0.0994. The summed E-state index contributed by atoms with van der Waals surface area (Å²) in [6.07, 6.45) is 10.4. The summed E-state index contributed by atoms with van der Waals surface area (Å²) in [4.78, 5) is 15.7. The maximum Gasteiger partial charge on any atom is 0.194 e. The summed E-state index contributed by atoms with van der Waals surface area (Å²) in [7, 11) is 0. The van der Waals surface area contributed by atoms with Gasteiger partial charge in [0.15, 0.2) is 5.78 Å². The van der Waals surface area contributed by atoms with Crippen molar-refractivity contribution in [3.8, 4) is 12.3 Å². The second-order valence-electron chi connectivity index (χ2n) is 3.50. The number of fused-ring (bicyclic) bond motifs is 1. The first-order valence-electron chi connectivity index (χ1n) is 4.84. The van der Waals surface area contributed by atoms with Crippen LogP contribution in [-0.4, -0.2) is 15.3 Å². The first kappa shape index (κ1) is 9.01. The summed E-state index contributed by atoms with van der Waals surface area (Å²) in [6, 6.07) is 0.